The van der Waals surface area contributed by atoms with E-state index in [9.17, 15) is 9.59 Å². The van der Waals surface area contributed by atoms with E-state index in [-0.39, 0.29) is 18.0 Å². The molecule has 3 rings (SSSR count). The number of methoxy groups -OCH3 is 1. The number of aromatic nitrogens is 2. The molecule has 27 heavy (non-hydrogen) atoms. The summed E-state index contributed by atoms with van der Waals surface area (Å²) >= 11 is 0. The second-order valence-corrected chi connectivity index (χ2v) is 6.45. The number of carbonyl (C=O) groups excluding carboxylic acids is 1. The zero-order valence-corrected chi connectivity index (χ0v) is 15.8. The maximum absolute atomic E-state index is 12.7. The summed E-state index contributed by atoms with van der Waals surface area (Å²) in [7, 11) is 1.62. The average molecular weight is 367 g/mol. The summed E-state index contributed by atoms with van der Waals surface area (Å²) in [6.45, 7) is 3.52. The van der Waals surface area contributed by atoms with Gasteiger partial charge in [-0.25, -0.2) is 4.79 Å². The van der Waals surface area contributed by atoms with Crippen LogP contribution in [0.25, 0.3) is 11.0 Å². The van der Waals surface area contributed by atoms with Gasteiger partial charge in [0.2, 0.25) is 5.91 Å². The molecule has 0 aliphatic heterocycles. The molecular formula is C21H25N3O3. The van der Waals surface area contributed by atoms with Gasteiger partial charge in [0.1, 0.15) is 5.75 Å². The number of amides is 1. The Hall–Kier alpha value is -3.02. The van der Waals surface area contributed by atoms with E-state index >= 15 is 0 Å². The van der Waals surface area contributed by atoms with Crippen molar-refractivity contribution in [2.24, 2.45) is 0 Å². The Morgan fingerprint density at radius 1 is 1.04 bits per heavy atom. The number of carbonyl (C=O) groups is 1. The number of nitrogens with zero attached hydrogens (tertiary/aromatic N) is 2. The Balaban J connectivity index is 1.67. The highest BCUT2D eigenvalue weighted by Gasteiger charge is 2.13. The van der Waals surface area contributed by atoms with Gasteiger partial charge in [-0.2, -0.15) is 0 Å². The smallest absolute Gasteiger partial charge is 0.329 e. The fourth-order valence-electron chi connectivity index (χ4n) is 3.21. The predicted octanol–water partition coefficient (Wildman–Crippen LogP) is 2.93. The summed E-state index contributed by atoms with van der Waals surface area (Å²) in [4.78, 5) is 25.0. The minimum absolute atomic E-state index is 0.0568. The molecule has 0 spiro atoms. The molecule has 1 N–H and O–H groups in total. The largest absolute Gasteiger partial charge is 0.497 e. The van der Waals surface area contributed by atoms with Gasteiger partial charge in [-0.05, 0) is 36.2 Å². The fourth-order valence-corrected chi connectivity index (χ4v) is 3.21. The summed E-state index contributed by atoms with van der Waals surface area (Å²) in [5.74, 6) is 0.675. The van der Waals surface area contributed by atoms with E-state index < -0.39 is 0 Å². The van der Waals surface area contributed by atoms with Gasteiger partial charge < -0.3 is 10.1 Å². The van der Waals surface area contributed by atoms with Crippen LogP contribution in [0.1, 0.15) is 25.3 Å². The first-order valence-electron chi connectivity index (χ1n) is 9.21. The lowest BCUT2D eigenvalue weighted by Crippen LogP contribution is -2.28. The minimum atomic E-state index is -0.0861. The summed E-state index contributed by atoms with van der Waals surface area (Å²) < 4.78 is 8.66. The first kappa shape index (κ1) is 18.8. The standard InChI is InChI=1S/C21H25N3O3/c1-3-12-23-18-9-4-5-10-19(18)24(21(23)26)13-11-20(25)22-15-16-7-6-8-17(14-16)27-2/h4-10,14H,3,11-13,15H2,1-2H3,(H,22,25). The van der Waals surface area contributed by atoms with Gasteiger partial charge in [-0.3, -0.25) is 13.9 Å². The number of nitrogens with one attached hydrogen (secondary N) is 1. The molecule has 0 unspecified atom stereocenters. The lowest BCUT2D eigenvalue weighted by Gasteiger charge is -2.07. The van der Waals surface area contributed by atoms with Gasteiger partial charge in [-0.1, -0.05) is 31.2 Å². The number of ether oxygens (including phenoxy) is 1. The molecule has 6 nitrogen and oxygen atoms in total. The van der Waals surface area contributed by atoms with Crippen LogP contribution in [0.5, 0.6) is 5.75 Å². The molecular weight excluding hydrogens is 342 g/mol. The number of aryl methyl sites for hydroxylation is 2. The van der Waals surface area contributed by atoms with Gasteiger partial charge in [0.25, 0.3) is 0 Å². The van der Waals surface area contributed by atoms with Crippen LogP contribution in [0.15, 0.2) is 53.3 Å². The van der Waals surface area contributed by atoms with Crippen molar-refractivity contribution >= 4 is 16.9 Å². The van der Waals surface area contributed by atoms with Crippen molar-refractivity contribution in [3.63, 3.8) is 0 Å². The van der Waals surface area contributed by atoms with E-state index in [0.29, 0.717) is 19.6 Å². The van der Waals surface area contributed by atoms with Crippen LogP contribution >= 0.6 is 0 Å². The van der Waals surface area contributed by atoms with Crippen molar-refractivity contribution in [3.8, 4) is 5.75 Å². The van der Waals surface area contributed by atoms with E-state index in [1.165, 1.54) is 0 Å². The third-order valence-corrected chi connectivity index (χ3v) is 4.56. The number of imidazole rings is 1. The monoisotopic (exact) mass is 367 g/mol. The highest BCUT2D eigenvalue weighted by molar-refractivity contribution is 5.78. The molecule has 0 aliphatic rings. The van der Waals surface area contributed by atoms with Crippen LogP contribution in [0.3, 0.4) is 0 Å². The van der Waals surface area contributed by atoms with E-state index in [1.807, 2.05) is 55.5 Å². The molecule has 1 heterocycles. The Kier molecular flexibility index (Phi) is 5.96. The Bertz CT molecular complexity index is 988. The third-order valence-electron chi connectivity index (χ3n) is 4.56. The van der Waals surface area contributed by atoms with Gasteiger partial charge >= 0.3 is 5.69 Å². The average Bonchev–Trinajstić information content (AvgIpc) is 2.96. The summed E-state index contributed by atoms with van der Waals surface area (Å²) in [6.07, 6.45) is 1.14. The minimum Gasteiger partial charge on any atom is -0.497 e. The van der Waals surface area contributed by atoms with Gasteiger partial charge in [0.15, 0.2) is 0 Å². The number of benzene rings is 2. The zero-order chi connectivity index (χ0) is 19.2. The van der Waals surface area contributed by atoms with Gasteiger partial charge in [0.05, 0.1) is 18.1 Å². The first-order chi connectivity index (χ1) is 13.1. The van der Waals surface area contributed by atoms with E-state index in [2.05, 4.69) is 5.32 Å². The third kappa shape index (κ3) is 4.22. The van der Waals surface area contributed by atoms with Crippen LogP contribution in [0.2, 0.25) is 0 Å². The SMILES string of the molecule is CCCn1c(=O)n(CCC(=O)NCc2cccc(OC)c2)c2ccccc21. The van der Waals surface area contributed by atoms with E-state index in [0.717, 1.165) is 28.8 Å². The maximum Gasteiger partial charge on any atom is 0.329 e. The van der Waals surface area contributed by atoms with Crippen molar-refractivity contribution in [2.75, 3.05) is 7.11 Å². The highest BCUT2D eigenvalue weighted by atomic mass is 16.5. The Labute approximate surface area is 158 Å². The van der Waals surface area contributed by atoms with Crippen molar-refractivity contribution in [2.45, 2.75) is 39.4 Å². The number of rotatable bonds is 8. The molecule has 0 saturated heterocycles. The lowest BCUT2D eigenvalue weighted by atomic mass is 10.2. The fraction of sp³-hybridized carbons (Fsp3) is 0.333. The number of hydrogen-bond acceptors (Lipinski definition) is 3. The predicted molar refractivity (Wildman–Crippen MR) is 106 cm³/mol. The number of hydrogen-bond donors (Lipinski definition) is 1. The molecule has 2 aromatic carbocycles. The van der Waals surface area contributed by atoms with Crippen LogP contribution in [0, 0.1) is 0 Å². The quantitative estimate of drug-likeness (QED) is 0.666. The van der Waals surface area contributed by atoms with Crippen LogP contribution in [0.4, 0.5) is 0 Å². The molecule has 0 atom stereocenters. The first-order valence-corrected chi connectivity index (χ1v) is 9.21. The van der Waals surface area contributed by atoms with E-state index in [4.69, 9.17) is 4.74 Å². The molecule has 3 aromatic rings. The van der Waals surface area contributed by atoms with Crippen LogP contribution in [-0.2, 0) is 24.4 Å². The van der Waals surface area contributed by atoms with Crippen molar-refractivity contribution in [1.29, 1.82) is 0 Å². The molecule has 0 fully saturated rings. The van der Waals surface area contributed by atoms with Gasteiger partial charge in [-0.15, -0.1) is 0 Å². The molecule has 1 amide bonds. The number of para-hydroxylation sites is 2. The van der Waals surface area contributed by atoms with Gasteiger partial charge in [0, 0.05) is 26.1 Å². The zero-order valence-electron chi connectivity index (χ0n) is 15.8. The van der Waals surface area contributed by atoms with Crippen molar-refractivity contribution in [1.82, 2.24) is 14.5 Å². The van der Waals surface area contributed by atoms with Crippen molar-refractivity contribution < 1.29 is 9.53 Å². The molecule has 0 aliphatic carbocycles. The Morgan fingerprint density at radius 2 is 1.74 bits per heavy atom. The van der Waals surface area contributed by atoms with Crippen molar-refractivity contribution in [3.05, 3.63) is 64.6 Å². The number of fused-ring (bicyclic) bond motifs is 1. The summed E-state index contributed by atoms with van der Waals surface area (Å²) in [5.41, 5.74) is 2.70. The molecule has 6 heteroatoms. The molecule has 1 aromatic heterocycles. The second kappa shape index (κ2) is 8.58. The second-order valence-electron chi connectivity index (χ2n) is 6.45. The molecule has 0 saturated carbocycles. The highest BCUT2D eigenvalue weighted by Crippen LogP contribution is 2.14. The summed E-state index contributed by atoms with van der Waals surface area (Å²) in [6, 6.07) is 15.3. The molecule has 0 bridgehead atoms. The van der Waals surface area contributed by atoms with E-state index in [1.54, 1.807) is 16.2 Å². The molecule has 142 valence electrons. The lowest BCUT2D eigenvalue weighted by molar-refractivity contribution is -0.121. The molecule has 0 radical (unpaired) electrons. The maximum atomic E-state index is 12.7. The topological polar surface area (TPSA) is 65.3 Å². The Morgan fingerprint density at radius 3 is 2.41 bits per heavy atom. The summed E-state index contributed by atoms with van der Waals surface area (Å²) in [5, 5.41) is 2.90. The van der Waals surface area contributed by atoms with Crippen LogP contribution < -0.4 is 15.7 Å². The normalized spacial score (nSPS) is 10.9. The van der Waals surface area contributed by atoms with Crippen LogP contribution in [-0.4, -0.2) is 22.2 Å².